The number of aryl methyl sites for hydroxylation is 2. The molecule has 3 heteroatoms. The van der Waals surface area contributed by atoms with Gasteiger partial charge < -0.3 is 4.42 Å². The second-order valence-corrected chi connectivity index (χ2v) is 2.57. The van der Waals surface area contributed by atoms with Gasteiger partial charge in [-0.05, 0) is 18.6 Å². The fourth-order valence-corrected chi connectivity index (χ4v) is 1.03. The Morgan fingerprint density at radius 2 is 2.18 bits per heavy atom. The molecule has 0 aliphatic rings. The largest absolute Gasteiger partial charge is 0.439 e. The number of aromatic nitrogens is 2. The van der Waals surface area contributed by atoms with Crippen molar-refractivity contribution in [1.29, 1.82) is 0 Å². The third kappa shape index (κ3) is 0.981. The van der Waals surface area contributed by atoms with E-state index in [9.17, 15) is 0 Å². The number of nitrogens with zero attached hydrogens (tertiary/aromatic N) is 2. The van der Waals surface area contributed by atoms with Crippen molar-refractivity contribution in [2.75, 3.05) is 0 Å². The Balaban J connectivity index is 2.82. The Hall–Kier alpha value is -1.38. The molecule has 0 aliphatic carbocycles. The minimum absolute atomic E-state index is 0.665. The third-order valence-electron chi connectivity index (χ3n) is 1.49. The summed E-state index contributed by atoms with van der Waals surface area (Å²) in [7, 11) is 0. The molecule has 0 N–H and O–H groups in total. The van der Waals surface area contributed by atoms with Crippen LogP contribution < -0.4 is 0 Å². The third-order valence-corrected chi connectivity index (χ3v) is 1.49. The maximum atomic E-state index is 5.28. The van der Waals surface area contributed by atoms with Crippen LogP contribution in [0.4, 0.5) is 0 Å². The summed E-state index contributed by atoms with van der Waals surface area (Å²) in [6, 6.07) is 1.93. The topological polar surface area (TPSA) is 38.9 Å². The molecule has 56 valence electrons. The monoisotopic (exact) mass is 148 g/mol. The minimum atomic E-state index is 0.665. The molecule has 0 fully saturated rings. The van der Waals surface area contributed by atoms with Crippen LogP contribution in [0.5, 0.6) is 0 Å². The molecule has 0 aliphatic heterocycles. The second-order valence-electron chi connectivity index (χ2n) is 2.57. The summed E-state index contributed by atoms with van der Waals surface area (Å²) in [5.41, 5.74) is 2.55. The van der Waals surface area contributed by atoms with E-state index in [1.54, 1.807) is 6.20 Å². The van der Waals surface area contributed by atoms with Gasteiger partial charge in [-0.25, -0.2) is 4.98 Å². The van der Waals surface area contributed by atoms with E-state index in [1.807, 2.05) is 19.9 Å². The Morgan fingerprint density at radius 3 is 3.00 bits per heavy atom. The Morgan fingerprint density at radius 1 is 1.36 bits per heavy atom. The average molecular weight is 148 g/mol. The zero-order valence-corrected chi connectivity index (χ0v) is 6.46. The molecule has 0 aromatic carbocycles. The van der Waals surface area contributed by atoms with Gasteiger partial charge in [-0.3, -0.25) is 0 Å². The summed E-state index contributed by atoms with van der Waals surface area (Å²) < 4.78 is 5.28. The maximum Gasteiger partial charge on any atom is 0.198 e. The predicted octanol–water partition coefficient (Wildman–Crippen LogP) is 1.84. The molecule has 11 heavy (non-hydrogen) atoms. The molecule has 2 rings (SSSR count). The van der Waals surface area contributed by atoms with Crippen molar-refractivity contribution in [3.63, 3.8) is 0 Å². The standard InChI is InChI=1S/C8H8N2O/c1-5-3-7-8(9-4-5)10-6(2)11-7/h3-4H,1-2H3. The lowest BCUT2D eigenvalue weighted by atomic mass is 10.3. The highest BCUT2D eigenvalue weighted by atomic mass is 16.3. The highest BCUT2D eigenvalue weighted by Crippen LogP contribution is 2.12. The quantitative estimate of drug-likeness (QED) is 0.572. The minimum Gasteiger partial charge on any atom is -0.439 e. The number of pyridine rings is 1. The fraction of sp³-hybridized carbons (Fsp3) is 0.250. The summed E-state index contributed by atoms with van der Waals surface area (Å²) >= 11 is 0. The summed E-state index contributed by atoms with van der Waals surface area (Å²) in [6.45, 7) is 3.79. The smallest absolute Gasteiger partial charge is 0.198 e. The van der Waals surface area contributed by atoms with Crippen molar-refractivity contribution in [3.8, 4) is 0 Å². The van der Waals surface area contributed by atoms with Crippen LogP contribution in [0.1, 0.15) is 11.5 Å². The molecular formula is C8H8N2O. The van der Waals surface area contributed by atoms with Crippen molar-refractivity contribution < 1.29 is 4.42 Å². The lowest BCUT2D eigenvalue weighted by Crippen LogP contribution is -1.77. The number of oxazole rings is 1. The van der Waals surface area contributed by atoms with Gasteiger partial charge in [0.15, 0.2) is 17.1 Å². The van der Waals surface area contributed by atoms with Crippen molar-refractivity contribution in [2.45, 2.75) is 13.8 Å². The highest BCUT2D eigenvalue weighted by molar-refractivity contribution is 5.67. The molecule has 2 aromatic rings. The van der Waals surface area contributed by atoms with Crippen LogP contribution in [0.3, 0.4) is 0 Å². The molecule has 2 aromatic heterocycles. The van der Waals surface area contributed by atoms with E-state index in [2.05, 4.69) is 9.97 Å². The molecule has 2 heterocycles. The van der Waals surface area contributed by atoms with Crippen LogP contribution in [-0.4, -0.2) is 9.97 Å². The average Bonchev–Trinajstić information content (AvgIpc) is 2.27. The zero-order valence-electron chi connectivity index (χ0n) is 6.46. The van der Waals surface area contributed by atoms with Crippen molar-refractivity contribution >= 4 is 11.2 Å². The van der Waals surface area contributed by atoms with Crippen LogP contribution in [-0.2, 0) is 0 Å². The first-order valence-electron chi connectivity index (χ1n) is 3.45. The van der Waals surface area contributed by atoms with Gasteiger partial charge in [0, 0.05) is 13.1 Å². The number of hydrogen-bond donors (Lipinski definition) is 0. The first kappa shape index (κ1) is 6.34. The molecule has 0 atom stereocenters. The van der Waals surface area contributed by atoms with Crippen molar-refractivity contribution in [1.82, 2.24) is 9.97 Å². The van der Waals surface area contributed by atoms with E-state index >= 15 is 0 Å². The molecule has 3 nitrogen and oxygen atoms in total. The second kappa shape index (κ2) is 2.05. The fourth-order valence-electron chi connectivity index (χ4n) is 1.03. The summed E-state index contributed by atoms with van der Waals surface area (Å²) in [6.07, 6.45) is 1.78. The SMILES string of the molecule is Cc1cnc2nc(C)oc2c1. The van der Waals surface area contributed by atoms with E-state index in [4.69, 9.17) is 4.42 Å². The summed E-state index contributed by atoms with van der Waals surface area (Å²) in [5, 5.41) is 0. The predicted molar refractivity (Wildman–Crippen MR) is 41.3 cm³/mol. The summed E-state index contributed by atoms with van der Waals surface area (Å²) in [5.74, 6) is 0.665. The van der Waals surface area contributed by atoms with Gasteiger partial charge in [-0.1, -0.05) is 0 Å². The Bertz CT molecular complexity index is 392. The Kier molecular flexibility index (Phi) is 1.18. The van der Waals surface area contributed by atoms with E-state index in [1.165, 1.54) is 0 Å². The number of hydrogen-bond acceptors (Lipinski definition) is 3. The number of rotatable bonds is 0. The molecule has 0 radical (unpaired) electrons. The van der Waals surface area contributed by atoms with Crippen LogP contribution in [0.25, 0.3) is 11.2 Å². The van der Waals surface area contributed by atoms with Crippen LogP contribution >= 0.6 is 0 Å². The molecule has 0 saturated heterocycles. The number of fused-ring (bicyclic) bond motifs is 1. The molecule has 0 unspecified atom stereocenters. The van der Waals surface area contributed by atoms with E-state index in [-0.39, 0.29) is 0 Å². The van der Waals surface area contributed by atoms with Gasteiger partial charge in [-0.2, -0.15) is 4.98 Å². The normalized spacial score (nSPS) is 10.7. The molecule has 0 spiro atoms. The first-order valence-corrected chi connectivity index (χ1v) is 3.45. The maximum absolute atomic E-state index is 5.28. The Labute approximate surface area is 64.1 Å². The molecule has 0 amide bonds. The molecule has 0 saturated carbocycles. The molecule has 0 bridgehead atoms. The van der Waals surface area contributed by atoms with E-state index < -0.39 is 0 Å². The van der Waals surface area contributed by atoms with Crippen LogP contribution in [0.2, 0.25) is 0 Å². The van der Waals surface area contributed by atoms with Crippen molar-refractivity contribution in [2.24, 2.45) is 0 Å². The molecular weight excluding hydrogens is 140 g/mol. The van der Waals surface area contributed by atoms with Gasteiger partial charge in [-0.15, -0.1) is 0 Å². The van der Waals surface area contributed by atoms with Gasteiger partial charge in [0.2, 0.25) is 0 Å². The van der Waals surface area contributed by atoms with E-state index in [0.29, 0.717) is 11.5 Å². The van der Waals surface area contributed by atoms with E-state index in [0.717, 1.165) is 11.1 Å². The lowest BCUT2D eigenvalue weighted by Gasteiger charge is -1.86. The van der Waals surface area contributed by atoms with Crippen molar-refractivity contribution in [3.05, 3.63) is 23.7 Å². The lowest BCUT2D eigenvalue weighted by molar-refractivity contribution is 0.561. The summed E-state index contributed by atoms with van der Waals surface area (Å²) in [4.78, 5) is 8.17. The first-order chi connectivity index (χ1) is 5.25. The van der Waals surface area contributed by atoms with Gasteiger partial charge in [0.05, 0.1) is 0 Å². The van der Waals surface area contributed by atoms with Gasteiger partial charge in [0.1, 0.15) is 0 Å². The van der Waals surface area contributed by atoms with Gasteiger partial charge in [0.25, 0.3) is 0 Å². The van der Waals surface area contributed by atoms with Gasteiger partial charge >= 0.3 is 0 Å². The zero-order chi connectivity index (χ0) is 7.84. The van der Waals surface area contributed by atoms with Crippen LogP contribution in [0.15, 0.2) is 16.7 Å². The highest BCUT2D eigenvalue weighted by Gasteiger charge is 2.01. The van der Waals surface area contributed by atoms with Crippen LogP contribution in [0, 0.1) is 13.8 Å².